The number of carbonyl (C=O) groups excluding carboxylic acids is 2. The van der Waals surface area contributed by atoms with Crippen LogP contribution in [0, 0.1) is 0 Å². The third kappa shape index (κ3) is 7.12. The molecule has 0 aliphatic carbocycles. The Labute approximate surface area is 224 Å². The average molecular weight is 580 g/mol. The number of carbonyl (C=O) groups is 2. The van der Waals surface area contributed by atoms with Crippen molar-refractivity contribution in [3.05, 3.63) is 74.7 Å². The van der Waals surface area contributed by atoms with E-state index in [-0.39, 0.29) is 25.0 Å². The van der Waals surface area contributed by atoms with Gasteiger partial charge in [-0.2, -0.15) is 0 Å². The Hall–Kier alpha value is -2.28. The fraction of sp³-hybridized carbons (Fsp3) is 0.333. The van der Waals surface area contributed by atoms with Crippen LogP contribution in [0.4, 0.5) is 0 Å². The van der Waals surface area contributed by atoms with Crippen LogP contribution < -0.4 is 10.1 Å². The normalized spacial score (nSPS) is 12.3. The van der Waals surface area contributed by atoms with Crippen molar-refractivity contribution in [2.24, 2.45) is 0 Å². The number of hydrogen-bond acceptors (Lipinski definition) is 3. The molecular formula is C27H29BrCl2N2O3. The lowest BCUT2D eigenvalue weighted by molar-refractivity contribution is -0.143. The summed E-state index contributed by atoms with van der Waals surface area (Å²) in [7, 11) is 0. The Bertz CT molecular complexity index is 1230. The largest absolute Gasteiger partial charge is 0.483 e. The summed E-state index contributed by atoms with van der Waals surface area (Å²) < 4.78 is 6.70. The summed E-state index contributed by atoms with van der Waals surface area (Å²) in [6, 6.07) is 16.2. The predicted octanol–water partition coefficient (Wildman–Crippen LogP) is 7.01. The molecule has 8 heteroatoms. The number of hydrogen-bond donors (Lipinski definition) is 1. The molecule has 3 rings (SSSR count). The molecule has 0 fully saturated rings. The zero-order valence-corrected chi connectivity index (χ0v) is 23.3. The summed E-state index contributed by atoms with van der Waals surface area (Å²) in [5.41, 5.74) is 0.330. The van der Waals surface area contributed by atoms with Gasteiger partial charge in [-0.15, -0.1) is 0 Å². The quantitative estimate of drug-likeness (QED) is 0.312. The van der Waals surface area contributed by atoms with Gasteiger partial charge in [0.2, 0.25) is 5.91 Å². The maximum atomic E-state index is 13.5. The predicted molar refractivity (Wildman–Crippen MR) is 146 cm³/mol. The fourth-order valence-electron chi connectivity index (χ4n) is 3.75. The highest BCUT2D eigenvalue weighted by molar-refractivity contribution is 9.10. The van der Waals surface area contributed by atoms with E-state index < -0.39 is 11.6 Å². The molecular weight excluding hydrogens is 551 g/mol. The minimum absolute atomic E-state index is 0.189. The number of benzene rings is 3. The minimum Gasteiger partial charge on any atom is -0.483 e. The fourth-order valence-corrected chi connectivity index (χ4v) is 4.68. The van der Waals surface area contributed by atoms with Crippen molar-refractivity contribution in [1.82, 2.24) is 10.2 Å². The third-order valence-corrected chi connectivity index (χ3v) is 6.96. The molecule has 1 unspecified atom stereocenters. The van der Waals surface area contributed by atoms with Crippen molar-refractivity contribution in [2.75, 3.05) is 6.61 Å². The Morgan fingerprint density at radius 2 is 1.77 bits per heavy atom. The second-order valence-electron chi connectivity index (χ2n) is 9.32. The van der Waals surface area contributed by atoms with E-state index >= 15 is 0 Å². The molecule has 186 valence electrons. The van der Waals surface area contributed by atoms with Crippen LogP contribution in [0.5, 0.6) is 5.75 Å². The Kier molecular flexibility index (Phi) is 9.08. The van der Waals surface area contributed by atoms with Gasteiger partial charge in [-0.1, -0.05) is 66.5 Å². The standard InChI is InChI=1S/C27H29BrCl2N2O3/c1-5-22(26(34)31-27(2,3)4)32(15-17-10-12-20(29)21(30)14-17)24(33)16-35-23-13-11-18-8-6-7-9-19(18)25(23)28/h6-14,22H,5,15-16H2,1-4H3,(H,31,34). The van der Waals surface area contributed by atoms with Crippen LogP contribution in [0.15, 0.2) is 59.1 Å². The highest BCUT2D eigenvalue weighted by Gasteiger charge is 2.31. The summed E-state index contributed by atoms with van der Waals surface area (Å²) >= 11 is 15.9. The average Bonchev–Trinajstić information content (AvgIpc) is 2.79. The molecule has 3 aromatic carbocycles. The van der Waals surface area contributed by atoms with E-state index in [1.165, 1.54) is 4.90 Å². The first kappa shape index (κ1) is 27.3. The third-order valence-electron chi connectivity index (χ3n) is 5.40. The van der Waals surface area contributed by atoms with Crippen LogP contribution in [-0.2, 0) is 16.1 Å². The number of halogens is 3. The lowest BCUT2D eigenvalue weighted by Crippen LogP contribution is -2.54. The zero-order chi connectivity index (χ0) is 25.8. The van der Waals surface area contributed by atoms with Crippen molar-refractivity contribution in [2.45, 2.75) is 52.2 Å². The van der Waals surface area contributed by atoms with Gasteiger partial charge in [-0.3, -0.25) is 9.59 Å². The second-order valence-corrected chi connectivity index (χ2v) is 10.9. The Morgan fingerprint density at radius 1 is 1.06 bits per heavy atom. The lowest BCUT2D eigenvalue weighted by atomic mass is 10.1. The molecule has 0 aliphatic rings. The maximum absolute atomic E-state index is 13.5. The van der Waals surface area contributed by atoms with E-state index in [4.69, 9.17) is 27.9 Å². The molecule has 0 aromatic heterocycles. The summed E-state index contributed by atoms with van der Waals surface area (Å²) in [5, 5.41) is 5.85. The number of fused-ring (bicyclic) bond motifs is 1. The number of nitrogens with one attached hydrogen (secondary N) is 1. The van der Waals surface area contributed by atoms with Crippen molar-refractivity contribution < 1.29 is 14.3 Å². The van der Waals surface area contributed by atoms with Crippen molar-refractivity contribution in [3.8, 4) is 5.75 Å². The van der Waals surface area contributed by atoms with Gasteiger partial charge in [0.25, 0.3) is 5.91 Å². The second kappa shape index (κ2) is 11.6. The van der Waals surface area contributed by atoms with Crippen molar-refractivity contribution in [1.29, 1.82) is 0 Å². The molecule has 2 amide bonds. The first-order valence-electron chi connectivity index (χ1n) is 11.4. The smallest absolute Gasteiger partial charge is 0.261 e. The van der Waals surface area contributed by atoms with Crippen molar-refractivity contribution >= 4 is 61.7 Å². The lowest BCUT2D eigenvalue weighted by Gasteiger charge is -2.33. The first-order valence-corrected chi connectivity index (χ1v) is 12.9. The van der Waals surface area contributed by atoms with E-state index in [0.717, 1.165) is 20.8 Å². The van der Waals surface area contributed by atoms with Gasteiger partial charge in [0.1, 0.15) is 11.8 Å². The molecule has 3 aromatic rings. The van der Waals surface area contributed by atoms with Crippen LogP contribution in [0.3, 0.4) is 0 Å². The monoisotopic (exact) mass is 578 g/mol. The summed E-state index contributed by atoms with van der Waals surface area (Å²) in [4.78, 5) is 28.1. The van der Waals surface area contributed by atoms with Crippen LogP contribution in [0.2, 0.25) is 10.0 Å². The van der Waals surface area contributed by atoms with E-state index in [0.29, 0.717) is 22.2 Å². The zero-order valence-electron chi connectivity index (χ0n) is 20.2. The van der Waals surface area contributed by atoms with Gasteiger partial charge in [-0.25, -0.2) is 0 Å². The van der Waals surface area contributed by atoms with Crippen LogP contribution >= 0.6 is 39.1 Å². The van der Waals surface area contributed by atoms with Gasteiger partial charge < -0.3 is 15.0 Å². The highest BCUT2D eigenvalue weighted by atomic mass is 79.9. The molecule has 1 atom stereocenters. The number of nitrogens with zero attached hydrogens (tertiary/aromatic N) is 1. The number of rotatable bonds is 8. The van der Waals surface area contributed by atoms with Crippen LogP contribution in [0.1, 0.15) is 39.7 Å². The van der Waals surface area contributed by atoms with Gasteiger partial charge in [-0.05, 0) is 77.7 Å². The minimum atomic E-state index is -0.681. The molecule has 0 saturated heterocycles. The molecule has 0 bridgehead atoms. The van der Waals surface area contributed by atoms with Gasteiger partial charge in [0, 0.05) is 12.1 Å². The van der Waals surface area contributed by atoms with E-state index in [2.05, 4.69) is 21.2 Å². The summed E-state index contributed by atoms with van der Waals surface area (Å²) in [6.07, 6.45) is 0.439. The SMILES string of the molecule is CCC(C(=O)NC(C)(C)C)N(Cc1ccc(Cl)c(Cl)c1)C(=O)COc1ccc2ccccc2c1Br. The molecule has 5 nitrogen and oxygen atoms in total. The van der Waals surface area contributed by atoms with E-state index in [9.17, 15) is 9.59 Å². The molecule has 1 N–H and O–H groups in total. The topological polar surface area (TPSA) is 58.6 Å². The summed E-state index contributed by atoms with van der Waals surface area (Å²) in [5.74, 6) is 0.0195. The summed E-state index contributed by atoms with van der Waals surface area (Å²) in [6.45, 7) is 7.56. The Morgan fingerprint density at radius 3 is 2.43 bits per heavy atom. The van der Waals surface area contributed by atoms with E-state index in [1.54, 1.807) is 18.2 Å². The molecule has 0 radical (unpaired) electrons. The molecule has 0 heterocycles. The van der Waals surface area contributed by atoms with Crippen LogP contribution in [-0.4, -0.2) is 34.9 Å². The van der Waals surface area contributed by atoms with Gasteiger partial charge in [0.15, 0.2) is 6.61 Å². The van der Waals surface area contributed by atoms with Crippen molar-refractivity contribution in [3.63, 3.8) is 0 Å². The van der Waals surface area contributed by atoms with E-state index in [1.807, 2.05) is 64.1 Å². The van der Waals surface area contributed by atoms with Gasteiger partial charge >= 0.3 is 0 Å². The Balaban J connectivity index is 1.86. The first-order chi connectivity index (χ1) is 16.5. The highest BCUT2D eigenvalue weighted by Crippen LogP contribution is 2.33. The maximum Gasteiger partial charge on any atom is 0.261 e. The molecule has 0 saturated carbocycles. The van der Waals surface area contributed by atoms with Crippen LogP contribution in [0.25, 0.3) is 10.8 Å². The van der Waals surface area contributed by atoms with Gasteiger partial charge in [0.05, 0.1) is 14.5 Å². The molecule has 0 aliphatic heterocycles. The number of amides is 2. The molecule has 0 spiro atoms. The number of ether oxygens (including phenoxy) is 1. The molecule has 35 heavy (non-hydrogen) atoms.